The van der Waals surface area contributed by atoms with Crippen LogP contribution in [0, 0.1) is 5.92 Å². The molecule has 1 amide bonds. The van der Waals surface area contributed by atoms with Gasteiger partial charge in [0.25, 0.3) is 0 Å². The second kappa shape index (κ2) is 9.11. The second-order valence-corrected chi connectivity index (χ2v) is 8.32. The highest BCUT2D eigenvalue weighted by Gasteiger charge is 2.23. The standard InChI is InChI=1S/C23H25N3OS/c27-23(7-6-22-25-21(17-28-22)20-8-12-24-13-9-20)26-14-10-19(11-15-26)16-18-4-2-1-3-5-18/h1-5,8-9,12-13,17,19H,6-7,10-11,14-16H2. The summed E-state index contributed by atoms with van der Waals surface area (Å²) in [6.45, 7) is 1.77. The van der Waals surface area contributed by atoms with Crippen molar-refractivity contribution < 1.29 is 4.79 Å². The van der Waals surface area contributed by atoms with E-state index < -0.39 is 0 Å². The molecule has 0 atom stereocenters. The smallest absolute Gasteiger partial charge is 0.222 e. The maximum atomic E-state index is 12.6. The molecule has 144 valence electrons. The first-order valence-electron chi connectivity index (χ1n) is 9.94. The SMILES string of the molecule is O=C(CCc1nc(-c2ccncc2)cs1)N1CCC(Cc2ccccc2)CC1. The summed E-state index contributed by atoms with van der Waals surface area (Å²) in [5, 5.41) is 3.09. The molecule has 1 fully saturated rings. The summed E-state index contributed by atoms with van der Waals surface area (Å²) in [6, 6.07) is 14.6. The first-order valence-corrected chi connectivity index (χ1v) is 10.8. The summed E-state index contributed by atoms with van der Waals surface area (Å²) >= 11 is 1.63. The molecule has 0 N–H and O–H groups in total. The van der Waals surface area contributed by atoms with Crippen LogP contribution in [0.1, 0.15) is 29.8 Å². The minimum absolute atomic E-state index is 0.263. The zero-order chi connectivity index (χ0) is 19.2. The number of benzene rings is 1. The van der Waals surface area contributed by atoms with E-state index in [2.05, 4.69) is 45.7 Å². The first kappa shape index (κ1) is 18.8. The Labute approximate surface area is 170 Å². The average Bonchev–Trinajstić information content (AvgIpc) is 3.23. The van der Waals surface area contributed by atoms with Crippen molar-refractivity contribution in [1.29, 1.82) is 0 Å². The van der Waals surface area contributed by atoms with Crippen LogP contribution in [-0.2, 0) is 17.6 Å². The molecule has 0 aliphatic carbocycles. The molecule has 28 heavy (non-hydrogen) atoms. The van der Waals surface area contributed by atoms with Crippen molar-refractivity contribution in [3.63, 3.8) is 0 Å². The highest BCUT2D eigenvalue weighted by molar-refractivity contribution is 7.09. The Hall–Kier alpha value is -2.53. The maximum absolute atomic E-state index is 12.6. The number of hydrogen-bond donors (Lipinski definition) is 0. The largest absolute Gasteiger partial charge is 0.343 e. The lowest BCUT2D eigenvalue weighted by molar-refractivity contribution is -0.132. The van der Waals surface area contributed by atoms with Crippen LogP contribution in [0.2, 0.25) is 0 Å². The van der Waals surface area contributed by atoms with Crippen LogP contribution in [0.4, 0.5) is 0 Å². The van der Waals surface area contributed by atoms with Gasteiger partial charge in [0.2, 0.25) is 5.91 Å². The fourth-order valence-electron chi connectivity index (χ4n) is 3.79. The van der Waals surface area contributed by atoms with Crippen molar-refractivity contribution in [2.75, 3.05) is 13.1 Å². The van der Waals surface area contributed by atoms with E-state index in [0.717, 1.165) is 55.0 Å². The van der Waals surface area contributed by atoms with Gasteiger partial charge in [0.05, 0.1) is 10.7 Å². The Morgan fingerprint density at radius 3 is 2.57 bits per heavy atom. The van der Waals surface area contributed by atoms with E-state index in [1.54, 1.807) is 23.7 Å². The van der Waals surface area contributed by atoms with Crippen molar-refractivity contribution in [2.24, 2.45) is 5.92 Å². The number of hydrogen-bond acceptors (Lipinski definition) is 4. The lowest BCUT2D eigenvalue weighted by Gasteiger charge is -2.32. The molecule has 1 saturated heterocycles. The van der Waals surface area contributed by atoms with E-state index in [-0.39, 0.29) is 5.91 Å². The molecule has 0 unspecified atom stereocenters. The number of likely N-dealkylation sites (tertiary alicyclic amines) is 1. The van der Waals surface area contributed by atoms with Gasteiger partial charge in [0.1, 0.15) is 0 Å². The van der Waals surface area contributed by atoms with E-state index in [1.165, 1.54) is 5.56 Å². The minimum Gasteiger partial charge on any atom is -0.343 e. The molecule has 1 aliphatic rings. The van der Waals surface area contributed by atoms with Crippen molar-refractivity contribution in [3.05, 3.63) is 70.8 Å². The Morgan fingerprint density at radius 2 is 1.82 bits per heavy atom. The Morgan fingerprint density at radius 1 is 1.07 bits per heavy atom. The number of pyridine rings is 1. The van der Waals surface area contributed by atoms with E-state index in [4.69, 9.17) is 0 Å². The Bertz CT molecular complexity index is 886. The lowest BCUT2D eigenvalue weighted by atomic mass is 9.90. The summed E-state index contributed by atoms with van der Waals surface area (Å²) in [6.07, 6.45) is 8.15. The minimum atomic E-state index is 0.263. The fourth-order valence-corrected chi connectivity index (χ4v) is 4.59. The molecular weight excluding hydrogens is 366 g/mol. The van der Waals surface area contributed by atoms with Gasteiger partial charge >= 0.3 is 0 Å². The molecular formula is C23H25N3OS. The molecule has 2 aromatic heterocycles. The van der Waals surface area contributed by atoms with Crippen LogP contribution in [0.5, 0.6) is 0 Å². The number of rotatable bonds is 6. The van der Waals surface area contributed by atoms with Crippen LogP contribution >= 0.6 is 11.3 Å². The zero-order valence-corrected chi connectivity index (χ0v) is 16.8. The third-order valence-corrected chi connectivity index (χ3v) is 6.32. The van der Waals surface area contributed by atoms with Crippen LogP contribution in [0.25, 0.3) is 11.3 Å². The number of piperidine rings is 1. The molecule has 4 rings (SSSR count). The zero-order valence-electron chi connectivity index (χ0n) is 16.0. The van der Waals surface area contributed by atoms with Crippen molar-refractivity contribution in [2.45, 2.75) is 32.1 Å². The highest BCUT2D eigenvalue weighted by atomic mass is 32.1. The quantitative estimate of drug-likeness (QED) is 0.616. The second-order valence-electron chi connectivity index (χ2n) is 7.38. The number of nitrogens with zero attached hydrogens (tertiary/aromatic N) is 3. The summed E-state index contributed by atoms with van der Waals surface area (Å²) in [7, 11) is 0. The van der Waals surface area contributed by atoms with Crippen LogP contribution in [0.3, 0.4) is 0 Å². The van der Waals surface area contributed by atoms with Crippen LogP contribution in [-0.4, -0.2) is 33.9 Å². The van der Waals surface area contributed by atoms with Gasteiger partial charge in [-0.1, -0.05) is 30.3 Å². The van der Waals surface area contributed by atoms with Crippen LogP contribution in [0.15, 0.2) is 60.2 Å². The predicted octanol–water partition coefficient (Wildman–Crippen LogP) is 4.62. The van der Waals surface area contributed by atoms with Crippen LogP contribution < -0.4 is 0 Å². The molecule has 0 spiro atoms. The van der Waals surface area contributed by atoms with Gasteiger partial charge in [-0.15, -0.1) is 11.3 Å². The molecule has 4 nitrogen and oxygen atoms in total. The van der Waals surface area contributed by atoms with Gasteiger partial charge in [0.15, 0.2) is 0 Å². The molecule has 3 heterocycles. The third kappa shape index (κ3) is 4.84. The number of carbonyl (C=O) groups is 1. The Balaban J connectivity index is 1.23. The maximum Gasteiger partial charge on any atom is 0.222 e. The highest BCUT2D eigenvalue weighted by Crippen LogP contribution is 2.24. The molecule has 1 aliphatic heterocycles. The first-order chi connectivity index (χ1) is 13.8. The Kier molecular flexibility index (Phi) is 6.12. The van der Waals surface area contributed by atoms with Crippen molar-refractivity contribution in [1.82, 2.24) is 14.9 Å². The third-order valence-electron chi connectivity index (χ3n) is 5.42. The number of thiazole rings is 1. The summed E-state index contributed by atoms with van der Waals surface area (Å²) in [5.74, 6) is 0.951. The molecule has 1 aromatic carbocycles. The summed E-state index contributed by atoms with van der Waals surface area (Å²) in [5.41, 5.74) is 3.45. The molecule has 3 aromatic rings. The van der Waals surface area contributed by atoms with Gasteiger partial charge in [-0.2, -0.15) is 0 Å². The number of aromatic nitrogens is 2. The monoisotopic (exact) mass is 391 g/mol. The summed E-state index contributed by atoms with van der Waals surface area (Å²) in [4.78, 5) is 23.4. The number of carbonyl (C=O) groups excluding carboxylic acids is 1. The number of amides is 1. The topological polar surface area (TPSA) is 46.1 Å². The molecule has 5 heteroatoms. The van der Waals surface area contributed by atoms with E-state index in [1.807, 2.05) is 17.0 Å². The van der Waals surface area contributed by atoms with E-state index in [9.17, 15) is 4.79 Å². The fraction of sp³-hybridized carbons (Fsp3) is 0.348. The van der Waals surface area contributed by atoms with Gasteiger partial charge in [-0.3, -0.25) is 9.78 Å². The van der Waals surface area contributed by atoms with Gasteiger partial charge in [0, 0.05) is 49.3 Å². The van der Waals surface area contributed by atoms with Gasteiger partial charge in [-0.05, 0) is 42.9 Å². The van der Waals surface area contributed by atoms with Gasteiger partial charge < -0.3 is 4.90 Å². The molecule has 0 saturated carbocycles. The van der Waals surface area contributed by atoms with Crippen molar-refractivity contribution in [3.8, 4) is 11.3 Å². The molecule has 0 radical (unpaired) electrons. The van der Waals surface area contributed by atoms with Gasteiger partial charge in [-0.25, -0.2) is 4.98 Å². The molecule has 0 bridgehead atoms. The van der Waals surface area contributed by atoms with E-state index in [0.29, 0.717) is 12.3 Å². The lowest BCUT2D eigenvalue weighted by Crippen LogP contribution is -2.39. The average molecular weight is 392 g/mol. The normalized spacial score (nSPS) is 14.9. The number of aryl methyl sites for hydroxylation is 1. The predicted molar refractivity (Wildman–Crippen MR) is 113 cm³/mol. The van der Waals surface area contributed by atoms with Crippen molar-refractivity contribution >= 4 is 17.2 Å². The summed E-state index contributed by atoms with van der Waals surface area (Å²) < 4.78 is 0. The van der Waals surface area contributed by atoms with E-state index >= 15 is 0 Å².